The quantitative estimate of drug-likeness (QED) is 0.709. The molecule has 0 bridgehead atoms. The Kier molecular flexibility index (Phi) is 2.76. The second kappa shape index (κ2) is 3.91. The Morgan fingerprint density at radius 1 is 1.20 bits per heavy atom. The topological polar surface area (TPSA) is 18.5 Å². The van der Waals surface area contributed by atoms with Gasteiger partial charge in [-0.05, 0) is 6.07 Å². The third-order valence-electron chi connectivity index (χ3n) is 2.41. The van der Waals surface area contributed by atoms with Crippen molar-refractivity contribution < 1.29 is 13.9 Å². The molecule has 1 heterocycles. The van der Waals surface area contributed by atoms with Gasteiger partial charge >= 0.3 is 0 Å². The molecule has 0 N–H and O–H groups in total. The lowest BCUT2D eigenvalue weighted by molar-refractivity contribution is -0.227. The van der Waals surface area contributed by atoms with Crippen LogP contribution >= 0.6 is 0 Å². The highest BCUT2D eigenvalue weighted by Crippen LogP contribution is 2.31. The lowest BCUT2D eigenvalue weighted by Crippen LogP contribution is -2.34. The average Bonchev–Trinajstić information content (AvgIpc) is 2.19. The van der Waals surface area contributed by atoms with Crippen molar-refractivity contribution in [1.29, 1.82) is 0 Å². The van der Waals surface area contributed by atoms with Gasteiger partial charge in [0.15, 0.2) is 6.29 Å². The zero-order valence-electron chi connectivity index (χ0n) is 9.00. The van der Waals surface area contributed by atoms with Crippen LogP contribution in [0, 0.1) is 11.2 Å². The number of benzene rings is 1. The summed E-state index contributed by atoms with van der Waals surface area (Å²) in [7, 11) is 0. The molecule has 0 aromatic heterocycles. The zero-order valence-corrected chi connectivity index (χ0v) is 9.00. The molecule has 0 aliphatic carbocycles. The highest BCUT2D eigenvalue weighted by Gasteiger charge is 2.30. The molecule has 0 radical (unpaired) electrons. The summed E-state index contributed by atoms with van der Waals surface area (Å²) in [4.78, 5) is 0. The van der Waals surface area contributed by atoms with Crippen LogP contribution in [0.5, 0.6) is 0 Å². The molecule has 1 saturated heterocycles. The minimum Gasteiger partial charge on any atom is -0.348 e. The summed E-state index contributed by atoms with van der Waals surface area (Å²) in [6, 6.07) is 6.55. The van der Waals surface area contributed by atoms with Gasteiger partial charge in [-0.25, -0.2) is 4.39 Å². The van der Waals surface area contributed by atoms with Gasteiger partial charge in [0.25, 0.3) is 0 Å². The molecule has 0 saturated carbocycles. The van der Waals surface area contributed by atoms with E-state index in [1.54, 1.807) is 18.2 Å². The molecule has 3 heteroatoms. The van der Waals surface area contributed by atoms with Gasteiger partial charge in [-0.3, -0.25) is 0 Å². The first-order valence-corrected chi connectivity index (χ1v) is 5.06. The van der Waals surface area contributed by atoms with E-state index in [1.807, 2.05) is 0 Å². The number of rotatable bonds is 1. The van der Waals surface area contributed by atoms with E-state index < -0.39 is 6.29 Å². The Bertz CT molecular complexity index is 339. The van der Waals surface area contributed by atoms with Gasteiger partial charge in [-0.15, -0.1) is 0 Å². The lowest BCUT2D eigenvalue weighted by Gasteiger charge is -2.34. The van der Waals surface area contributed by atoms with Crippen LogP contribution in [0.1, 0.15) is 25.7 Å². The summed E-state index contributed by atoms with van der Waals surface area (Å²) in [5.74, 6) is -0.276. The lowest BCUT2D eigenvalue weighted by atomic mass is 9.95. The van der Waals surface area contributed by atoms with E-state index in [0.717, 1.165) is 0 Å². The molecule has 1 aromatic rings. The van der Waals surface area contributed by atoms with Gasteiger partial charge in [-0.2, -0.15) is 0 Å². The SMILES string of the molecule is CC1(C)COC(c2ccccc2F)OC1. The second-order valence-electron chi connectivity index (χ2n) is 4.64. The van der Waals surface area contributed by atoms with Gasteiger partial charge in [0, 0.05) is 11.0 Å². The van der Waals surface area contributed by atoms with E-state index in [0.29, 0.717) is 18.8 Å². The molecule has 1 aromatic carbocycles. The molecule has 0 spiro atoms. The van der Waals surface area contributed by atoms with Crippen LogP contribution < -0.4 is 0 Å². The van der Waals surface area contributed by atoms with Gasteiger partial charge in [0.05, 0.1) is 13.2 Å². The first kappa shape index (κ1) is 10.6. The highest BCUT2D eigenvalue weighted by atomic mass is 19.1. The third-order valence-corrected chi connectivity index (χ3v) is 2.41. The largest absolute Gasteiger partial charge is 0.348 e. The van der Waals surface area contributed by atoms with E-state index in [9.17, 15) is 4.39 Å². The first-order valence-electron chi connectivity index (χ1n) is 5.06. The molecular weight excluding hydrogens is 195 g/mol. The van der Waals surface area contributed by atoms with E-state index in [1.165, 1.54) is 6.07 Å². The molecule has 0 amide bonds. The molecular formula is C12H15FO2. The molecule has 1 aliphatic rings. The van der Waals surface area contributed by atoms with Crippen LogP contribution in [0.3, 0.4) is 0 Å². The summed E-state index contributed by atoms with van der Waals surface area (Å²) in [6.45, 7) is 5.30. The van der Waals surface area contributed by atoms with E-state index in [2.05, 4.69) is 13.8 Å². The van der Waals surface area contributed by atoms with Crippen molar-refractivity contribution in [2.45, 2.75) is 20.1 Å². The summed E-state index contributed by atoms with van der Waals surface area (Å²) < 4.78 is 24.4. The molecule has 2 rings (SSSR count). The molecule has 0 atom stereocenters. The summed E-state index contributed by atoms with van der Waals surface area (Å²) in [5.41, 5.74) is 0.495. The number of hydrogen-bond donors (Lipinski definition) is 0. The number of hydrogen-bond acceptors (Lipinski definition) is 2. The standard InChI is InChI=1S/C12H15FO2/c1-12(2)7-14-11(15-8-12)9-5-3-4-6-10(9)13/h3-6,11H,7-8H2,1-2H3. The van der Waals surface area contributed by atoms with Crippen molar-refractivity contribution in [3.8, 4) is 0 Å². The van der Waals surface area contributed by atoms with E-state index in [4.69, 9.17) is 9.47 Å². The van der Waals surface area contributed by atoms with Gasteiger partial charge in [0.1, 0.15) is 5.82 Å². The molecule has 15 heavy (non-hydrogen) atoms. The minimum atomic E-state index is -0.556. The normalized spacial score (nSPS) is 21.5. The Balaban J connectivity index is 2.11. The fraction of sp³-hybridized carbons (Fsp3) is 0.500. The Morgan fingerprint density at radius 2 is 1.80 bits per heavy atom. The van der Waals surface area contributed by atoms with Crippen LogP contribution in [0.4, 0.5) is 4.39 Å². The van der Waals surface area contributed by atoms with Crippen LogP contribution in [-0.4, -0.2) is 13.2 Å². The molecule has 2 nitrogen and oxygen atoms in total. The van der Waals surface area contributed by atoms with Gasteiger partial charge in [-0.1, -0.05) is 32.0 Å². The first-order chi connectivity index (χ1) is 7.08. The smallest absolute Gasteiger partial charge is 0.186 e. The van der Waals surface area contributed by atoms with Crippen molar-refractivity contribution in [1.82, 2.24) is 0 Å². The summed E-state index contributed by atoms with van der Waals surface area (Å²) in [5, 5.41) is 0. The van der Waals surface area contributed by atoms with E-state index in [-0.39, 0.29) is 11.2 Å². The summed E-state index contributed by atoms with van der Waals surface area (Å²) in [6.07, 6.45) is -0.556. The van der Waals surface area contributed by atoms with Crippen molar-refractivity contribution in [2.75, 3.05) is 13.2 Å². The van der Waals surface area contributed by atoms with Crippen molar-refractivity contribution in [3.05, 3.63) is 35.6 Å². The predicted molar refractivity (Wildman–Crippen MR) is 54.8 cm³/mol. The van der Waals surface area contributed by atoms with Crippen molar-refractivity contribution in [2.24, 2.45) is 5.41 Å². The number of halogens is 1. The molecule has 1 aliphatic heterocycles. The van der Waals surface area contributed by atoms with Crippen LogP contribution in [-0.2, 0) is 9.47 Å². The maximum absolute atomic E-state index is 13.4. The van der Waals surface area contributed by atoms with Crippen molar-refractivity contribution in [3.63, 3.8) is 0 Å². The summed E-state index contributed by atoms with van der Waals surface area (Å²) >= 11 is 0. The molecule has 82 valence electrons. The maximum Gasteiger partial charge on any atom is 0.186 e. The van der Waals surface area contributed by atoms with Crippen LogP contribution in [0.15, 0.2) is 24.3 Å². The fourth-order valence-electron chi connectivity index (χ4n) is 1.54. The molecule has 0 unspecified atom stereocenters. The third kappa shape index (κ3) is 2.36. The monoisotopic (exact) mass is 210 g/mol. The van der Waals surface area contributed by atoms with Gasteiger partial charge < -0.3 is 9.47 Å². The second-order valence-corrected chi connectivity index (χ2v) is 4.64. The Labute approximate surface area is 89.0 Å². The van der Waals surface area contributed by atoms with Crippen molar-refractivity contribution >= 4 is 0 Å². The molecule has 1 fully saturated rings. The minimum absolute atomic E-state index is 0.0156. The Morgan fingerprint density at radius 3 is 2.40 bits per heavy atom. The average molecular weight is 210 g/mol. The highest BCUT2D eigenvalue weighted by molar-refractivity contribution is 5.18. The van der Waals surface area contributed by atoms with Gasteiger partial charge in [0.2, 0.25) is 0 Å². The van der Waals surface area contributed by atoms with Crippen LogP contribution in [0.25, 0.3) is 0 Å². The predicted octanol–water partition coefficient (Wildman–Crippen LogP) is 2.90. The number of ether oxygens (including phenoxy) is 2. The van der Waals surface area contributed by atoms with Crippen LogP contribution in [0.2, 0.25) is 0 Å². The zero-order chi connectivity index (χ0) is 10.9. The van der Waals surface area contributed by atoms with E-state index >= 15 is 0 Å². The maximum atomic E-state index is 13.4. The Hall–Kier alpha value is -0.930. The fourth-order valence-corrected chi connectivity index (χ4v) is 1.54.